The monoisotopic (exact) mass is 322 g/mol. The molecule has 1 aliphatic heterocycles. The van der Waals surface area contributed by atoms with Gasteiger partial charge in [-0.25, -0.2) is 8.42 Å². The molecule has 5 nitrogen and oxygen atoms in total. The average Bonchev–Trinajstić information content (AvgIpc) is 2.94. The largest absolute Gasteiger partial charge is 0.369 e. The first kappa shape index (κ1) is 15.5. The van der Waals surface area contributed by atoms with E-state index in [0.717, 1.165) is 24.8 Å². The highest BCUT2D eigenvalue weighted by atomic mass is 32.2. The summed E-state index contributed by atoms with van der Waals surface area (Å²) in [7, 11) is -3.57. The summed E-state index contributed by atoms with van der Waals surface area (Å²) in [5.41, 5.74) is 7.76. The van der Waals surface area contributed by atoms with Crippen LogP contribution in [-0.2, 0) is 27.7 Å². The van der Waals surface area contributed by atoms with Crippen LogP contribution in [-0.4, -0.2) is 31.2 Å². The Balaban J connectivity index is 1.92. The predicted molar refractivity (Wildman–Crippen MR) is 83.7 cm³/mol. The number of fused-ring (bicyclic) bond motifs is 1. The van der Waals surface area contributed by atoms with Crippen molar-refractivity contribution in [3.05, 3.63) is 29.3 Å². The number of carbonyl (C=O) groups is 1. The van der Waals surface area contributed by atoms with Crippen molar-refractivity contribution in [3.8, 4) is 0 Å². The number of hydrogen-bond acceptors (Lipinski definition) is 3. The Bertz CT molecular complexity index is 699. The zero-order valence-corrected chi connectivity index (χ0v) is 13.6. The van der Waals surface area contributed by atoms with Crippen LogP contribution in [0.3, 0.4) is 0 Å². The second-order valence-corrected chi connectivity index (χ2v) is 8.28. The molecule has 2 N–H and O–H groups in total. The van der Waals surface area contributed by atoms with Crippen LogP contribution in [0.25, 0.3) is 0 Å². The fourth-order valence-corrected chi connectivity index (χ4v) is 5.24. The molecule has 0 saturated carbocycles. The van der Waals surface area contributed by atoms with E-state index < -0.39 is 15.9 Å². The van der Waals surface area contributed by atoms with E-state index in [0.29, 0.717) is 17.7 Å². The van der Waals surface area contributed by atoms with E-state index in [4.69, 9.17) is 5.73 Å². The normalized spacial score (nSPS) is 25.9. The van der Waals surface area contributed by atoms with Gasteiger partial charge in [-0.2, -0.15) is 4.31 Å². The van der Waals surface area contributed by atoms with Gasteiger partial charge in [-0.1, -0.05) is 6.07 Å². The lowest BCUT2D eigenvalue weighted by molar-refractivity contribution is -0.123. The SMILES string of the molecule is CC1CCC(C(N)=O)CN1S(=O)(=O)c1ccc2c(c1)CCC2. The summed E-state index contributed by atoms with van der Waals surface area (Å²) >= 11 is 0. The minimum absolute atomic E-state index is 0.103. The highest BCUT2D eigenvalue weighted by molar-refractivity contribution is 7.89. The first-order chi connectivity index (χ1) is 10.4. The first-order valence-electron chi connectivity index (χ1n) is 7.82. The van der Waals surface area contributed by atoms with Crippen LogP contribution in [0.4, 0.5) is 0 Å². The molecule has 1 saturated heterocycles. The van der Waals surface area contributed by atoms with Gasteiger partial charge in [0.05, 0.1) is 10.8 Å². The van der Waals surface area contributed by atoms with Crippen LogP contribution in [0.5, 0.6) is 0 Å². The number of primary amides is 1. The summed E-state index contributed by atoms with van der Waals surface area (Å²) in [5.74, 6) is -0.804. The lowest BCUT2D eigenvalue weighted by atomic mass is 9.95. The third-order valence-electron chi connectivity index (χ3n) is 4.90. The topological polar surface area (TPSA) is 80.5 Å². The van der Waals surface area contributed by atoms with Crippen molar-refractivity contribution in [3.63, 3.8) is 0 Å². The van der Waals surface area contributed by atoms with Gasteiger partial charge >= 0.3 is 0 Å². The van der Waals surface area contributed by atoms with Crippen molar-refractivity contribution in [1.29, 1.82) is 0 Å². The molecule has 120 valence electrons. The van der Waals surface area contributed by atoms with Crippen LogP contribution in [0.2, 0.25) is 0 Å². The molecule has 1 fully saturated rings. The minimum Gasteiger partial charge on any atom is -0.369 e. The van der Waals surface area contributed by atoms with E-state index in [-0.39, 0.29) is 18.5 Å². The van der Waals surface area contributed by atoms with Gasteiger partial charge in [0.15, 0.2) is 0 Å². The molecule has 0 bridgehead atoms. The molecule has 2 unspecified atom stereocenters. The molecule has 1 aromatic carbocycles. The van der Waals surface area contributed by atoms with Crippen molar-refractivity contribution in [2.75, 3.05) is 6.54 Å². The van der Waals surface area contributed by atoms with Crippen LogP contribution >= 0.6 is 0 Å². The maximum absolute atomic E-state index is 12.9. The van der Waals surface area contributed by atoms with E-state index in [9.17, 15) is 13.2 Å². The van der Waals surface area contributed by atoms with Crippen LogP contribution < -0.4 is 5.73 Å². The lowest BCUT2D eigenvalue weighted by Gasteiger charge is -2.35. The Morgan fingerprint density at radius 2 is 1.95 bits per heavy atom. The van der Waals surface area contributed by atoms with E-state index in [2.05, 4.69) is 0 Å². The number of rotatable bonds is 3. The third kappa shape index (κ3) is 2.65. The highest BCUT2D eigenvalue weighted by Gasteiger charge is 2.37. The number of benzene rings is 1. The molecule has 0 aromatic heterocycles. The Labute approximate surface area is 131 Å². The van der Waals surface area contributed by atoms with Crippen molar-refractivity contribution in [2.24, 2.45) is 11.7 Å². The predicted octanol–water partition coefficient (Wildman–Crippen LogP) is 1.45. The van der Waals surface area contributed by atoms with Gasteiger partial charge < -0.3 is 5.73 Å². The molecule has 2 aliphatic rings. The Hall–Kier alpha value is -1.40. The molecule has 1 amide bonds. The van der Waals surface area contributed by atoms with Gasteiger partial charge in [0.1, 0.15) is 0 Å². The molecular formula is C16H22N2O3S. The van der Waals surface area contributed by atoms with E-state index >= 15 is 0 Å². The molecular weight excluding hydrogens is 300 g/mol. The molecule has 6 heteroatoms. The molecule has 22 heavy (non-hydrogen) atoms. The van der Waals surface area contributed by atoms with E-state index in [1.54, 1.807) is 12.1 Å². The van der Waals surface area contributed by atoms with Crippen LogP contribution in [0, 0.1) is 5.92 Å². The average molecular weight is 322 g/mol. The number of amides is 1. The van der Waals surface area contributed by atoms with Crippen molar-refractivity contribution < 1.29 is 13.2 Å². The number of hydrogen-bond donors (Lipinski definition) is 1. The van der Waals surface area contributed by atoms with Gasteiger partial charge in [0.25, 0.3) is 0 Å². The van der Waals surface area contributed by atoms with Crippen molar-refractivity contribution in [2.45, 2.75) is 50.0 Å². The van der Waals surface area contributed by atoms with Crippen molar-refractivity contribution >= 4 is 15.9 Å². The number of piperidine rings is 1. The third-order valence-corrected chi connectivity index (χ3v) is 6.88. The maximum atomic E-state index is 12.9. The summed E-state index contributed by atoms with van der Waals surface area (Å²) in [5, 5.41) is 0. The van der Waals surface area contributed by atoms with Gasteiger partial charge in [0, 0.05) is 12.6 Å². The minimum atomic E-state index is -3.57. The van der Waals surface area contributed by atoms with E-state index in [1.165, 1.54) is 9.87 Å². The maximum Gasteiger partial charge on any atom is 0.243 e. The smallest absolute Gasteiger partial charge is 0.243 e. The van der Waals surface area contributed by atoms with Gasteiger partial charge in [-0.05, 0) is 62.3 Å². The molecule has 3 rings (SSSR count). The second kappa shape index (κ2) is 5.66. The fraction of sp³-hybridized carbons (Fsp3) is 0.562. The number of nitrogens with two attached hydrogens (primary N) is 1. The zero-order chi connectivity index (χ0) is 15.9. The Morgan fingerprint density at radius 1 is 1.23 bits per heavy atom. The van der Waals surface area contributed by atoms with Gasteiger partial charge in [-0.3, -0.25) is 4.79 Å². The second-order valence-electron chi connectivity index (χ2n) is 6.38. The quantitative estimate of drug-likeness (QED) is 0.914. The summed E-state index contributed by atoms with van der Waals surface area (Å²) in [4.78, 5) is 11.8. The first-order valence-corrected chi connectivity index (χ1v) is 9.26. The summed E-state index contributed by atoms with van der Waals surface area (Å²) in [6.45, 7) is 2.08. The zero-order valence-electron chi connectivity index (χ0n) is 12.8. The summed E-state index contributed by atoms with van der Waals surface area (Å²) in [6, 6.07) is 5.32. The fourth-order valence-electron chi connectivity index (χ4n) is 3.49. The molecule has 2 atom stereocenters. The van der Waals surface area contributed by atoms with Gasteiger partial charge in [-0.15, -0.1) is 0 Å². The number of aryl methyl sites for hydroxylation is 2. The number of nitrogens with zero attached hydrogens (tertiary/aromatic N) is 1. The van der Waals surface area contributed by atoms with Crippen molar-refractivity contribution in [1.82, 2.24) is 4.31 Å². The van der Waals surface area contributed by atoms with Crippen LogP contribution in [0.1, 0.15) is 37.3 Å². The lowest BCUT2D eigenvalue weighted by Crippen LogP contribution is -2.48. The molecule has 1 heterocycles. The molecule has 0 radical (unpaired) electrons. The Kier molecular flexibility index (Phi) is 3.99. The summed E-state index contributed by atoms with van der Waals surface area (Å²) in [6.07, 6.45) is 4.38. The number of sulfonamides is 1. The van der Waals surface area contributed by atoms with Gasteiger partial charge in [0.2, 0.25) is 15.9 Å². The van der Waals surface area contributed by atoms with Crippen LogP contribution in [0.15, 0.2) is 23.1 Å². The highest BCUT2D eigenvalue weighted by Crippen LogP contribution is 2.30. The molecule has 0 spiro atoms. The Morgan fingerprint density at radius 3 is 2.68 bits per heavy atom. The standard InChI is InChI=1S/C16H22N2O3S/c1-11-5-6-14(16(17)19)10-18(11)22(20,21)15-8-7-12-3-2-4-13(12)9-15/h7-9,11,14H,2-6,10H2,1H3,(H2,17,19). The number of carbonyl (C=O) groups excluding carboxylic acids is 1. The molecule has 1 aliphatic carbocycles. The van der Waals surface area contributed by atoms with E-state index in [1.807, 2.05) is 13.0 Å². The molecule has 1 aromatic rings. The summed E-state index contributed by atoms with van der Waals surface area (Å²) < 4.78 is 27.3.